The van der Waals surface area contributed by atoms with Gasteiger partial charge in [0.1, 0.15) is 12.4 Å². The summed E-state index contributed by atoms with van der Waals surface area (Å²) in [5, 5.41) is 4.46. The molecule has 1 aromatic carbocycles. The molecule has 1 heterocycles. The highest BCUT2D eigenvalue weighted by Gasteiger charge is 2.11. The zero-order valence-corrected chi connectivity index (χ0v) is 14.5. The highest BCUT2D eigenvalue weighted by molar-refractivity contribution is 7.11. The summed E-state index contributed by atoms with van der Waals surface area (Å²) in [5.74, 6) is 0.716. The number of benzene rings is 1. The summed E-state index contributed by atoms with van der Waals surface area (Å²) < 4.78 is 5.94. The van der Waals surface area contributed by atoms with Crippen molar-refractivity contribution >= 4 is 34.5 Å². The summed E-state index contributed by atoms with van der Waals surface area (Å²) in [6.45, 7) is 6.32. The van der Waals surface area contributed by atoms with Crippen LogP contribution in [0.2, 0.25) is 10.0 Å². The van der Waals surface area contributed by atoms with Crippen LogP contribution in [0.15, 0.2) is 24.3 Å². The highest BCUT2D eigenvalue weighted by Crippen LogP contribution is 2.33. The quantitative estimate of drug-likeness (QED) is 0.735. The summed E-state index contributed by atoms with van der Waals surface area (Å²) in [6, 6.07) is 7.88. The Morgan fingerprint density at radius 2 is 1.90 bits per heavy atom. The predicted molar refractivity (Wildman–Crippen MR) is 91.9 cm³/mol. The Bertz CT molecular complexity index is 598. The van der Waals surface area contributed by atoms with E-state index in [2.05, 4.69) is 31.3 Å². The Morgan fingerprint density at radius 1 is 1.14 bits per heavy atom. The van der Waals surface area contributed by atoms with Crippen LogP contribution in [-0.4, -0.2) is 6.54 Å². The van der Waals surface area contributed by atoms with Crippen LogP contribution in [0.4, 0.5) is 0 Å². The first-order valence-electron chi connectivity index (χ1n) is 7.03. The first-order chi connectivity index (χ1) is 10.1. The molecule has 21 heavy (non-hydrogen) atoms. The summed E-state index contributed by atoms with van der Waals surface area (Å²) in [7, 11) is 0. The molecule has 2 aromatic rings. The Labute approximate surface area is 140 Å². The van der Waals surface area contributed by atoms with Crippen LogP contribution in [0, 0.1) is 0 Å². The van der Waals surface area contributed by atoms with E-state index in [1.807, 2.05) is 6.07 Å². The van der Waals surface area contributed by atoms with Crippen LogP contribution in [-0.2, 0) is 19.6 Å². The van der Waals surface area contributed by atoms with E-state index in [9.17, 15) is 0 Å². The van der Waals surface area contributed by atoms with Crippen LogP contribution in [0.25, 0.3) is 0 Å². The van der Waals surface area contributed by atoms with Crippen molar-refractivity contribution < 1.29 is 4.74 Å². The van der Waals surface area contributed by atoms with Gasteiger partial charge >= 0.3 is 0 Å². The van der Waals surface area contributed by atoms with E-state index in [1.165, 1.54) is 9.75 Å². The smallest absolute Gasteiger partial charge is 0.143 e. The molecule has 0 aliphatic heterocycles. The molecule has 2 rings (SSSR count). The third-order valence-corrected chi connectivity index (χ3v) is 4.78. The number of hydrogen-bond acceptors (Lipinski definition) is 3. The van der Waals surface area contributed by atoms with Gasteiger partial charge in [-0.2, -0.15) is 0 Å². The second kappa shape index (κ2) is 8.04. The van der Waals surface area contributed by atoms with Crippen molar-refractivity contribution in [3.8, 4) is 5.75 Å². The molecular formula is C16H19Cl2NOS. The van der Waals surface area contributed by atoms with Gasteiger partial charge in [-0.3, -0.25) is 0 Å². The fourth-order valence-corrected chi connectivity index (χ4v) is 3.46. The van der Waals surface area contributed by atoms with Gasteiger partial charge in [-0.15, -0.1) is 11.3 Å². The van der Waals surface area contributed by atoms with Crippen molar-refractivity contribution in [3.05, 3.63) is 49.6 Å². The number of thiophene rings is 1. The molecule has 0 radical (unpaired) electrons. The van der Waals surface area contributed by atoms with Gasteiger partial charge in [-0.25, -0.2) is 0 Å². The van der Waals surface area contributed by atoms with Crippen molar-refractivity contribution in [2.24, 2.45) is 0 Å². The molecule has 0 spiro atoms. The maximum absolute atomic E-state index is 6.28. The van der Waals surface area contributed by atoms with Crippen LogP contribution in [0.5, 0.6) is 5.75 Å². The average Bonchev–Trinajstić information content (AvgIpc) is 2.91. The molecule has 0 saturated carbocycles. The maximum Gasteiger partial charge on any atom is 0.143 e. The van der Waals surface area contributed by atoms with Crippen molar-refractivity contribution in [1.82, 2.24) is 5.32 Å². The third kappa shape index (κ3) is 4.62. The number of ether oxygens (including phenoxy) is 1. The fourth-order valence-electron chi connectivity index (χ4n) is 2.00. The molecule has 0 atom stereocenters. The topological polar surface area (TPSA) is 21.3 Å². The van der Waals surface area contributed by atoms with Gasteiger partial charge in [-0.05, 0) is 37.2 Å². The van der Waals surface area contributed by atoms with Crippen LogP contribution in [0.3, 0.4) is 0 Å². The molecule has 5 heteroatoms. The number of nitrogens with one attached hydrogen (secondary N) is 1. The van der Waals surface area contributed by atoms with Crippen molar-refractivity contribution in [2.45, 2.75) is 33.4 Å². The summed E-state index contributed by atoms with van der Waals surface area (Å²) in [4.78, 5) is 2.57. The largest absolute Gasteiger partial charge is 0.486 e. The van der Waals surface area contributed by atoms with E-state index >= 15 is 0 Å². The molecule has 0 saturated heterocycles. The fraction of sp³-hybridized carbons (Fsp3) is 0.375. The maximum atomic E-state index is 6.28. The predicted octanol–water partition coefficient (Wildman–Crippen LogP) is 5.31. The van der Waals surface area contributed by atoms with E-state index in [4.69, 9.17) is 27.9 Å². The molecule has 0 aliphatic carbocycles. The van der Waals surface area contributed by atoms with E-state index in [0.717, 1.165) is 18.5 Å². The summed E-state index contributed by atoms with van der Waals surface area (Å²) >= 11 is 14.1. The minimum atomic E-state index is 0.533. The number of aryl methyl sites for hydroxylation is 1. The van der Waals surface area contributed by atoms with Crippen LogP contribution < -0.4 is 10.1 Å². The molecular weight excluding hydrogens is 325 g/mol. The lowest BCUT2D eigenvalue weighted by molar-refractivity contribution is 0.306. The zero-order chi connectivity index (χ0) is 15.2. The second-order valence-corrected chi connectivity index (χ2v) is 6.76. The Kier molecular flexibility index (Phi) is 6.37. The molecule has 0 fully saturated rings. The number of hydrogen-bond donors (Lipinski definition) is 1. The van der Waals surface area contributed by atoms with Gasteiger partial charge in [0.05, 0.1) is 5.02 Å². The third-order valence-electron chi connectivity index (χ3n) is 3.08. The lowest BCUT2D eigenvalue weighted by Crippen LogP contribution is -2.13. The lowest BCUT2D eigenvalue weighted by Gasteiger charge is -2.13. The van der Waals surface area contributed by atoms with Crippen LogP contribution >= 0.6 is 34.5 Å². The normalized spacial score (nSPS) is 10.9. The zero-order valence-electron chi connectivity index (χ0n) is 12.2. The molecule has 0 bridgehead atoms. The Hall–Kier alpha value is -0.740. The van der Waals surface area contributed by atoms with Gasteiger partial charge in [0.15, 0.2) is 0 Å². The highest BCUT2D eigenvalue weighted by atomic mass is 35.5. The number of rotatable bonds is 7. The van der Waals surface area contributed by atoms with E-state index < -0.39 is 0 Å². The minimum absolute atomic E-state index is 0.533. The monoisotopic (exact) mass is 343 g/mol. The lowest BCUT2D eigenvalue weighted by atomic mass is 10.2. The molecule has 1 aromatic heterocycles. The van der Waals surface area contributed by atoms with Crippen molar-refractivity contribution in [3.63, 3.8) is 0 Å². The van der Waals surface area contributed by atoms with E-state index in [-0.39, 0.29) is 0 Å². The molecule has 114 valence electrons. The van der Waals surface area contributed by atoms with Gasteiger partial charge in [-0.1, -0.05) is 37.0 Å². The van der Waals surface area contributed by atoms with Gasteiger partial charge in [0.2, 0.25) is 0 Å². The minimum Gasteiger partial charge on any atom is -0.486 e. The molecule has 0 aliphatic rings. The standard InChI is InChI=1S/C16H19Cl2NOS/c1-3-13-5-6-14(21-13)10-20-16-11(9-19-4-2)7-12(17)8-15(16)18/h5-8,19H,3-4,9-10H2,1-2H3. The average molecular weight is 344 g/mol. The molecule has 0 unspecified atom stereocenters. The van der Waals surface area contributed by atoms with E-state index in [0.29, 0.717) is 28.9 Å². The van der Waals surface area contributed by atoms with Gasteiger partial charge in [0.25, 0.3) is 0 Å². The SMILES string of the molecule is CCNCc1cc(Cl)cc(Cl)c1OCc1ccc(CC)s1. The van der Waals surface area contributed by atoms with Gasteiger partial charge in [0, 0.05) is 26.9 Å². The van der Waals surface area contributed by atoms with Crippen molar-refractivity contribution in [1.29, 1.82) is 0 Å². The van der Waals surface area contributed by atoms with Gasteiger partial charge < -0.3 is 10.1 Å². The van der Waals surface area contributed by atoms with Crippen molar-refractivity contribution in [2.75, 3.05) is 6.54 Å². The summed E-state index contributed by atoms with van der Waals surface area (Å²) in [5.41, 5.74) is 0.988. The van der Waals surface area contributed by atoms with E-state index in [1.54, 1.807) is 17.4 Å². The number of halogens is 2. The van der Waals surface area contributed by atoms with Crippen LogP contribution in [0.1, 0.15) is 29.2 Å². The summed E-state index contributed by atoms with van der Waals surface area (Å²) in [6.07, 6.45) is 1.05. The Morgan fingerprint density at radius 3 is 2.57 bits per heavy atom. The Balaban J connectivity index is 2.13. The second-order valence-electron chi connectivity index (χ2n) is 4.67. The molecule has 2 nitrogen and oxygen atoms in total. The first kappa shape index (κ1) is 16.6. The molecule has 1 N–H and O–H groups in total. The molecule has 0 amide bonds. The first-order valence-corrected chi connectivity index (χ1v) is 8.60.